The molecule has 0 unspecified atom stereocenters. The first-order valence-electron chi connectivity index (χ1n) is 5.23. The maximum Gasteiger partial charge on any atom is 0.186 e. The molecular formula is C10H17FN4. The van der Waals surface area contributed by atoms with E-state index in [4.69, 9.17) is 5.73 Å². The molecule has 0 aromatic carbocycles. The highest BCUT2D eigenvalue weighted by molar-refractivity contribution is 5.36. The van der Waals surface area contributed by atoms with Gasteiger partial charge in [0.25, 0.3) is 0 Å². The van der Waals surface area contributed by atoms with Gasteiger partial charge in [-0.15, -0.1) is 0 Å². The second-order valence-corrected chi connectivity index (χ2v) is 3.26. The van der Waals surface area contributed by atoms with Crippen molar-refractivity contribution in [2.24, 2.45) is 5.73 Å². The highest BCUT2D eigenvalue weighted by Crippen LogP contribution is 2.12. The van der Waals surface area contributed by atoms with Gasteiger partial charge in [-0.2, -0.15) is 0 Å². The van der Waals surface area contributed by atoms with Crippen molar-refractivity contribution in [3.63, 3.8) is 0 Å². The van der Waals surface area contributed by atoms with Crippen LogP contribution in [0.25, 0.3) is 0 Å². The fourth-order valence-electron chi connectivity index (χ4n) is 1.25. The van der Waals surface area contributed by atoms with Crippen molar-refractivity contribution in [3.8, 4) is 0 Å². The molecule has 0 atom stereocenters. The monoisotopic (exact) mass is 212 g/mol. The van der Waals surface area contributed by atoms with E-state index in [2.05, 4.69) is 15.3 Å². The fraction of sp³-hybridized carbons (Fsp3) is 0.600. The highest BCUT2D eigenvalue weighted by atomic mass is 19.1. The van der Waals surface area contributed by atoms with E-state index in [9.17, 15) is 4.39 Å². The minimum absolute atomic E-state index is 0.291. The van der Waals surface area contributed by atoms with Gasteiger partial charge in [0.1, 0.15) is 6.33 Å². The lowest BCUT2D eigenvalue weighted by Gasteiger charge is -2.07. The SMILES string of the molecule is CCc1ncnc(NCCCCN)c1F. The fourth-order valence-corrected chi connectivity index (χ4v) is 1.25. The van der Waals surface area contributed by atoms with Crippen LogP contribution < -0.4 is 11.1 Å². The van der Waals surface area contributed by atoms with Gasteiger partial charge in [-0.05, 0) is 25.8 Å². The zero-order chi connectivity index (χ0) is 11.1. The topological polar surface area (TPSA) is 63.8 Å². The molecule has 84 valence electrons. The smallest absolute Gasteiger partial charge is 0.186 e. The quantitative estimate of drug-likeness (QED) is 0.698. The first-order valence-corrected chi connectivity index (χ1v) is 5.23. The lowest BCUT2D eigenvalue weighted by atomic mass is 10.3. The van der Waals surface area contributed by atoms with Gasteiger partial charge in [0.2, 0.25) is 0 Å². The minimum Gasteiger partial charge on any atom is -0.368 e. The Hall–Kier alpha value is -1.23. The molecule has 4 nitrogen and oxygen atoms in total. The summed E-state index contributed by atoms with van der Waals surface area (Å²) in [5.74, 6) is -0.0494. The summed E-state index contributed by atoms with van der Waals surface area (Å²) >= 11 is 0. The molecule has 0 saturated heterocycles. The second kappa shape index (κ2) is 6.29. The van der Waals surface area contributed by atoms with Crippen LogP contribution in [0.5, 0.6) is 0 Å². The summed E-state index contributed by atoms with van der Waals surface area (Å²) < 4.78 is 13.6. The summed E-state index contributed by atoms with van der Waals surface area (Å²) in [6, 6.07) is 0. The molecule has 15 heavy (non-hydrogen) atoms. The Morgan fingerprint density at radius 2 is 2.20 bits per heavy atom. The number of rotatable bonds is 6. The number of aryl methyl sites for hydroxylation is 1. The molecule has 1 aromatic rings. The summed E-state index contributed by atoms with van der Waals surface area (Å²) in [5, 5.41) is 2.94. The number of anilines is 1. The predicted molar refractivity (Wildman–Crippen MR) is 58.1 cm³/mol. The third-order valence-corrected chi connectivity index (χ3v) is 2.12. The van der Waals surface area contributed by atoms with Crippen molar-refractivity contribution < 1.29 is 4.39 Å². The number of halogens is 1. The number of nitrogens with zero attached hydrogens (tertiary/aromatic N) is 2. The van der Waals surface area contributed by atoms with Crippen LogP contribution in [0.2, 0.25) is 0 Å². The minimum atomic E-state index is -0.340. The Morgan fingerprint density at radius 3 is 2.87 bits per heavy atom. The van der Waals surface area contributed by atoms with Crippen LogP contribution in [0.4, 0.5) is 10.2 Å². The molecule has 0 saturated carbocycles. The Morgan fingerprint density at radius 1 is 1.40 bits per heavy atom. The van der Waals surface area contributed by atoms with Crippen LogP contribution in [0.15, 0.2) is 6.33 Å². The molecule has 1 rings (SSSR count). The van der Waals surface area contributed by atoms with Crippen LogP contribution >= 0.6 is 0 Å². The lowest BCUT2D eigenvalue weighted by molar-refractivity contribution is 0.595. The Bertz CT molecular complexity index is 303. The van der Waals surface area contributed by atoms with Crippen LogP contribution in [0.3, 0.4) is 0 Å². The summed E-state index contributed by atoms with van der Waals surface area (Å²) in [5.41, 5.74) is 5.81. The van der Waals surface area contributed by atoms with Gasteiger partial charge in [0, 0.05) is 6.54 Å². The molecule has 0 aliphatic heterocycles. The zero-order valence-electron chi connectivity index (χ0n) is 8.96. The van der Waals surface area contributed by atoms with Crippen LogP contribution in [0, 0.1) is 5.82 Å². The van der Waals surface area contributed by atoms with Gasteiger partial charge in [-0.25, -0.2) is 14.4 Å². The lowest BCUT2D eigenvalue weighted by Crippen LogP contribution is -2.09. The summed E-state index contributed by atoms with van der Waals surface area (Å²) in [6.45, 7) is 3.21. The normalized spacial score (nSPS) is 10.3. The van der Waals surface area contributed by atoms with E-state index in [0.29, 0.717) is 31.0 Å². The number of aromatic nitrogens is 2. The van der Waals surface area contributed by atoms with Crippen LogP contribution in [-0.2, 0) is 6.42 Å². The molecule has 5 heteroatoms. The average molecular weight is 212 g/mol. The van der Waals surface area contributed by atoms with E-state index < -0.39 is 0 Å². The van der Waals surface area contributed by atoms with Crippen molar-refractivity contribution in [1.82, 2.24) is 9.97 Å². The maximum absolute atomic E-state index is 13.6. The molecule has 0 radical (unpaired) electrons. The molecule has 0 fully saturated rings. The summed E-state index contributed by atoms with van der Waals surface area (Å²) in [7, 11) is 0. The number of unbranched alkanes of at least 4 members (excludes halogenated alkanes) is 1. The Kier molecular flexibility index (Phi) is 4.97. The largest absolute Gasteiger partial charge is 0.368 e. The number of hydrogen-bond donors (Lipinski definition) is 2. The van der Waals surface area contributed by atoms with E-state index in [1.807, 2.05) is 6.92 Å². The van der Waals surface area contributed by atoms with Gasteiger partial charge in [0.15, 0.2) is 11.6 Å². The Balaban J connectivity index is 2.53. The molecule has 0 amide bonds. The van der Waals surface area contributed by atoms with Gasteiger partial charge >= 0.3 is 0 Å². The number of nitrogens with one attached hydrogen (secondary N) is 1. The maximum atomic E-state index is 13.6. The van der Waals surface area contributed by atoms with E-state index in [-0.39, 0.29) is 5.82 Å². The third-order valence-electron chi connectivity index (χ3n) is 2.12. The third kappa shape index (κ3) is 3.43. The molecule has 1 heterocycles. The van der Waals surface area contributed by atoms with Gasteiger partial charge in [0.05, 0.1) is 5.69 Å². The van der Waals surface area contributed by atoms with Crippen molar-refractivity contribution >= 4 is 5.82 Å². The predicted octanol–water partition coefficient (Wildman–Crippen LogP) is 1.33. The highest BCUT2D eigenvalue weighted by Gasteiger charge is 2.08. The molecule has 0 spiro atoms. The second-order valence-electron chi connectivity index (χ2n) is 3.26. The van der Waals surface area contributed by atoms with Crippen molar-refractivity contribution in [2.45, 2.75) is 26.2 Å². The first kappa shape index (κ1) is 11.8. The standard InChI is InChI=1S/C10H17FN4/c1-2-8-9(11)10(15-7-14-8)13-6-4-3-5-12/h7H,2-6,12H2,1H3,(H,13,14,15). The van der Waals surface area contributed by atoms with Crippen molar-refractivity contribution in [3.05, 3.63) is 17.8 Å². The van der Waals surface area contributed by atoms with E-state index in [0.717, 1.165) is 12.8 Å². The van der Waals surface area contributed by atoms with E-state index >= 15 is 0 Å². The van der Waals surface area contributed by atoms with Gasteiger partial charge < -0.3 is 11.1 Å². The molecule has 1 aromatic heterocycles. The molecule has 0 aliphatic rings. The van der Waals surface area contributed by atoms with Crippen molar-refractivity contribution in [1.29, 1.82) is 0 Å². The van der Waals surface area contributed by atoms with E-state index in [1.165, 1.54) is 6.33 Å². The van der Waals surface area contributed by atoms with Gasteiger partial charge in [-0.3, -0.25) is 0 Å². The summed E-state index contributed by atoms with van der Waals surface area (Å²) in [4.78, 5) is 7.71. The number of hydrogen-bond acceptors (Lipinski definition) is 4. The summed E-state index contributed by atoms with van der Waals surface area (Å²) in [6.07, 6.45) is 3.81. The van der Waals surface area contributed by atoms with E-state index in [1.54, 1.807) is 0 Å². The molecular weight excluding hydrogens is 195 g/mol. The Labute approximate surface area is 89.1 Å². The van der Waals surface area contributed by atoms with Gasteiger partial charge in [-0.1, -0.05) is 6.92 Å². The number of nitrogens with two attached hydrogens (primary N) is 1. The molecule has 0 aliphatic carbocycles. The first-order chi connectivity index (χ1) is 7.29. The zero-order valence-corrected chi connectivity index (χ0v) is 8.96. The average Bonchev–Trinajstić information content (AvgIpc) is 2.26. The van der Waals surface area contributed by atoms with Crippen LogP contribution in [0.1, 0.15) is 25.5 Å². The molecule has 3 N–H and O–H groups in total. The van der Waals surface area contributed by atoms with Crippen molar-refractivity contribution in [2.75, 3.05) is 18.4 Å². The molecule has 0 bridgehead atoms. The van der Waals surface area contributed by atoms with Crippen LogP contribution in [-0.4, -0.2) is 23.1 Å².